The Morgan fingerprint density at radius 2 is 1.91 bits per heavy atom. The summed E-state index contributed by atoms with van der Waals surface area (Å²) in [7, 11) is -2.79. The number of aryl methyl sites for hydroxylation is 1. The van der Waals surface area contributed by atoms with Gasteiger partial charge in [0.15, 0.2) is 11.1 Å². The zero-order valence-electron chi connectivity index (χ0n) is 18.8. The van der Waals surface area contributed by atoms with Gasteiger partial charge in [0.2, 0.25) is 9.84 Å². The molecular formula is C22H24ClFN4O4S. The highest BCUT2D eigenvalue weighted by Crippen LogP contribution is 2.38. The molecule has 176 valence electrons. The van der Waals surface area contributed by atoms with Gasteiger partial charge in [-0.15, -0.1) is 0 Å². The fourth-order valence-corrected chi connectivity index (χ4v) is 4.58. The molecule has 0 aliphatic rings. The normalized spacial score (nSPS) is 12.9. The second kappa shape index (κ2) is 9.11. The molecule has 1 unspecified atom stereocenters. The van der Waals surface area contributed by atoms with Crippen LogP contribution in [0.3, 0.4) is 0 Å². The van der Waals surface area contributed by atoms with E-state index in [0.29, 0.717) is 5.56 Å². The molecule has 2 heterocycles. The molecule has 1 amide bonds. The topological polar surface area (TPSA) is 103 Å². The SMILES string of the molecule is CNC(=O)OC(c1cc(S(=O)(=O)c2ccc(Cl)nc2)n(-c2ccc(C)cc2F)n1)C(C)(C)C. The van der Waals surface area contributed by atoms with E-state index in [2.05, 4.69) is 15.4 Å². The van der Waals surface area contributed by atoms with Crippen LogP contribution in [-0.2, 0) is 14.6 Å². The van der Waals surface area contributed by atoms with Crippen LogP contribution in [0.1, 0.15) is 38.1 Å². The molecule has 1 atom stereocenters. The maximum absolute atomic E-state index is 14.9. The lowest BCUT2D eigenvalue weighted by atomic mass is 9.87. The van der Waals surface area contributed by atoms with Crippen molar-refractivity contribution in [3.05, 3.63) is 64.8 Å². The van der Waals surface area contributed by atoms with Crippen molar-refractivity contribution < 1.29 is 22.3 Å². The number of carbonyl (C=O) groups excluding carboxylic acids is 1. The highest BCUT2D eigenvalue weighted by molar-refractivity contribution is 7.91. The van der Waals surface area contributed by atoms with Crippen molar-refractivity contribution in [1.82, 2.24) is 20.1 Å². The molecule has 33 heavy (non-hydrogen) atoms. The van der Waals surface area contributed by atoms with Crippen LogP contribution < -0.4 is 5.32 Å². The van der Waals surface area contributed by atoms with Gasteiger partial charge in [-0.1, -0.05) is 38.4 Å². The summed E-state index contributed by atoms with van der Waals surface area (Å²) >= 11 is 5.80. The van der Waals surface area contributed by atoms with Gasteiger partial charge in [-0.2, -0.15) is 5.10 Å². The molecule has 0 fully saturated rings. The second-order valence-electron chi connectivity index (χ2n) is 8.50. The van der Waals surface area contributed by atoms with E-state index in [1.807, 2.05) is 20.8 Å². The van der Waals surface area contributed by atoms with Crippen molar-refractivity contribution in [1.29, 1.82) is 0 Å². The third kappa shape index (κ3) is 5.17. The number of alkyl carbamates (subject to hydrolysis) is 1. The largest absolute Gasteiger partial charge is 0.439 e. The Morgan fingerprint density at radius 3 is 2.45 bits per heavy atom. The van der Waals surface area contributed by atoms with Crippen molar-refractivity contribution in [3.63, 3.8) is 0 Å². The van der Waals surface area contributed by atoms with E-state index < -0.39 is 33.3 Å². The van der Waals surface area contributed by atoms with E-state index in [1.165, 1.54) is 37.4 Å². The Morgan fingerprint density at radius 1 is 1.21 bits per heavy atom. The maximum atomic E-state index is 14.9. The van der Waals surface area contributed by atoms with Crippen LogP contribution >= 0.6 is 11.6 Å². The summed E-state index contributed by atoms with van der Waals surface area (Å²) in [5.41, 5.74) is 0.0809. The predicted octanol–water partition coefficient (Wildman–Crippen LogP) is 4.64. The maximum Gasteiger partial charge on any atom is 0.407 e. The summed E-state index contributed by atoms with van der Waals surface area (Å²) in [5, 5.41) is 6.57. The Balaban J connectivity index is 2.28. The molecule has 0 saturated heterocycles. The number of pyridine rings is 1. The number of hydrogen-bond acceptors (Lipinski definition) is 6. The number of sulfone groups is 1. The summed E-state index contributed by atoms with van der Waals surface area (Å²) in [6.45, 7) is 7.14. The number of benzene rings is 1. The molecule has 8 nitrogen and oxygen atoms in total. The molecule has 0 aliphatic carbocycles. The van der Waals surface area contributed by atoms with Crippen LogP contribution in [-0.4, -0.2) is 36.3 Å². The van der Waals surface area contributed by atoms with Crippen LogP contribution in [0.2, 0.25) is 5.15 Å². The summed E-state index contributed by atoms with van der Waals surface area (Å²) in [5.74, 6) is -0.658. The van der Waals surface area contributed by atoms with Gasteiger partial charge in [-0.3, -0.25) is 0 Å². The number of aromatic nitrogens is 3. The Bertz CT molecular complexity index is 1280. The van der Waals surface area contributed by atoms with Crippen LogP contribution in [0.5, 0.6) is 0 Å². The quantitative estimate of drug-likeness (QED) is 0.518. The summed E-state index contributed by atoms with van der Waals surface area (Å²) in [6, 6.07) is 8.28. The van der Waals surface area contributed by atoms with Crippen LogP contribution in [0, 0.1) is 18.2 Å². The van der Waals surface area contributed by atoms with Crippen LogP contribution in [0.4, 0.5) is 9.18 Å². The minimum atomic E-state index is -4.20. The van der Waals surface area contributed by atoms with Crippen LogP contribution in [0.15, 0.2) is 52.5 Å². The van der Waals surface area contributed by atoms with Gasteiger partial charge in [0.1, 0.15) is 22.4 Å². The number of nitrogens with one attached hydrogen (secondary N) is 1. The second-order valence-corrected chi connectivity index (χ2v) is 10.8. The summed E-state index contributed by atoms with van der Waals surface area (Å²) in [6.07, 6.45) is -0.524. The Labute approximate surface area is 196 Å². The van der Waals surface area contributed by atoms with Crippen molar-refractivity contribution in [2.24, 2.45) is 5.41 Å². The lowest BCUT2D eigenvalue weighted by molar-refractivity contribution is 0.0284. The number of ether oxygens (including phenoxy) is 1. The molecule has 0 radical (unpaired) electrons. The van der Waals surface area contributed by atoms with Gasteiger partial charge in [0, 0.05) is 24.7 Å². The van der Waals surface area contributed by atoms with Gasteiger partial charge in [0.25, 0.3) is 0 Å². The molecule has 1 aromatic carbocycles. The monoisotopic (exact) mass is 494 g/mol. The van der Waals surface area contributed by atoms with E-state index in [-0.39, 0.29) is 26.5 Å². The number of rotatable bonds is 5. The third-order valence-electron chi connectivity index (χ3n) is 4.80. The lowest BCUT2D eigenvalue weighted by Gasteiger charge is -2.28. The van der Waals surface area contributed by atoms with Gasteiger partial charge < -0.3 is 10.1 Å². The zero-order valence-corrected chi connectivity index (χ0v) is 20.3. The standard InChI is InChI=1S/C22H24ClFN4O4S/c1-13-6-8-17(15(24)10-13)28-19(33(30,31)14-7-9-18(23)26-12-14)11-16(27-28)20(22(2,3)4)32-21(29)25-5/h6-12,20H,1-5H3,(H,25,29). The highest BCUT2D eigenvalue weighted by atomic mass is 35.5. The molecule has 11 heteroatoms. The third-order valence-corrected chi connectivity index (χ3v) is 6.72. The van der Waals surface area contributed by atoms with E-state index >= 15 is 0 Å². The first-order valence-electron chi connectivity index (χ1n) is 9.96. The van der Waals surface area contributed by atoms with Gasteiger partial charge >= 0.3 is 6.09 Å². The number of halogens is 2. The summed E-state index contributed by atoms with van der Waals surface area (Å²) in [4.78, 5) is 15.7. The molecule has 3 rings (SSSR count). The van der Waals surface area contributed by atoms with E-state index in [0.717, 1.165) is 10.9 Å². The average molecular weight is 495 g/mol. The van der Waals surface area contributed by atoms with Crippen molar-refractivity contribution in [2.45, 2.75) is 43.7 Å². The van der Waals surface area contributed by atoms with E-state index in [1.54, 1.807) is 13.0 Å². The van der Waals surface area contributed by atoms with Crippen LogP contribution in [0.25, 0.3) is 5.69 Å². The smallest absolute Gasteiger partial charge is 0.407 e. The molecule has 0 aliphatic heterocycles. The first-order chi connectivity index (χ1) is 15.3. The lowest BCUT2D eigenvalue weighted by Crippen LogP contribution is -2.29. The molecule has 1 N–H and O–H groups in total. The average Bonchev–Trinajstić information content (AvgIpc) is 3.16. The molecule has 3 aromatic rings. The van der Waals surface area contributed by atoms with E-state index in [4.69, 9.17) is 16.3 Å². The van der Waals surface area contributed by atoms with Crippen molar-refractivity contribution in [3.8, 4) is 5.69 Å². The number of carbonyl (C=O) groups is 1. The first kappa shape index (κ1) is 24.7. The van der Waals surface area contributed by atoms with Gasteiger partial charge in [0.05, 0.1) is 4.90 Å². The zero-order chi connectivity index (χ0) is 24.6. The number of hydrogen-bond donors (Lipinski definition) is 1. The predicted molar refractivity (Wildman–Crippen MR) is 121 cm³/mol. The Hall–Kier alpha value is -2.98. The fraction of sp³-hybridized carbons (Fsp3) is 0.318. The van der Waals surface area contributed by atoms with Gasteiger partial charge in [-0.25, -0.2) is 27.3 Å². The molecule has 0 saturated carbocycles. The number of amides is 1. The molecule has 0 spiro atoms. The van der Waals surface area contributed by atoms with E-state index in [9.17, 15) is 17.6 Å². The summed E-state index contributed by atoms with van der Waals surface area (Å²) < 4.78 is 48.4. The van der Waals surface area contributed by atoms with Gasteiger partial charge in [-0.05, 0) is 36.8 Å². The van der Waals surface area contributed by atoms with Crippen molar-refractivity contribution in [2.75, 3.05) is 7.05 Å². The molecule has 2 aromatic heterocycles. The fourth-order valence-electron chi connectivity index (χ4n) is 3.15. The highest BCUT2D eigenvalue weighted by Gasteiger charge is 2.35. The van der Waals surface area contributed by atoms with Crippen molar-refractivity contribution >= 4 is 27.5 Å². The first-order valence-corrected chi connectivity index (χ1v) is 11.8. The minimum absolute atomic E-state index is 0.0695. The minimum Gasteiger partial charge on any atom is -0.439 e. The molecular weight excluding hydrogens is 471 g/mol. The Kier molecular flexibility index (Phi) is 6.80. The number of nitrogens with zero attached hydrogens (tertiary/aromatic N) is 3. The molecule has 0 bridgehead atoms.